The Morgan fingerprint density at radius 1 is 1.32 bits per heavy atom. The molecule has 1 atom stereocenters. The maximum Gasteiger partial charge on any atom is 0.119 e. The zero-order valence-electron chi connectivity index (χ0n) is 11.1. The topological polar surface area (TPSA) is 65.0 Å². The lowest BCUT2D eigenvalue weighted by molar-refractivity contribution is 0.0641. The van der Waals surface area contributed by atoms with Crippen LogP contribution in [0.5, 0.6) is 5.75 Å². The van der Waals surface area contributed by atoms with E-state index >= 15 is 0 Å². The van der Waals surface area contributed by atoms with Crippen molar-refractivity contribution in [1.29, 1.82) is 0 Å². The first-order valence-corrected chi connectivity index (χ1v) is 6.71. The predicted octanol–water partition coefficient (Wildman–Crippen LogP) is -0.176. The number of nitrogens with one attached hydrogen (secondary N) is 1. The Bertz CT molecular complexity index is 381. The number of piperazine rings is 1. The third kappa shape index (κ3) is 4.80. The number of nitrogens with zero attached hydrogens (tertiary/aromatic N) is 1. The number of β-amino-alcohol motifs (C(OH)–C–C–N with tert-alkyl or cyclic N) is 1. The Balaban J connectivity index is 1.74. The third-order valence-electron chi connectivity index (χ3n) is 3.20. The Labute approximate surface area is 113 Å². The van der Waals surface area contributed by atoms with E-state index in [-0.39, 0.29) is 13.2 Å². The van der Waals surface area contributed by atoms with Crippen molar-refractivity contribution in [2.75, 3.05) is 39.3 Å². The predicted molar refractivity (Wildman–Crippen MR) is 73.2 cm³/mol. The van der Waals surface area contributed by atoms with E-state index in [9.17, 15) is 5.11 Å². The van der Waals surface area contributed by atoms with Gasteiger partial charge in [-0.15, -0.1) is 0 Å². The molecule has 3 N–H and O–H groups in total. The third-order valence-corrected chi connectivity index (χ3v) is 3.20. The number of hydrogen-bond donors (Lipinski definition) is 3. The number of ether oxygens (including phenoxy) is 1. The van der Waals surface area contributed by atoms with Crippen molar-refractivity contribution in [3.63, 3.8) is 0 Å². The highest BCUT2D eigenvalue weighted by molar-refractivity contribution is 5.27. The van der Waals surface area contributed by atoms with Gasteiger partial charge in [0.2, 0.25) is 0 Å². The van der Waals surface area contributed by atoms with Gasteiger partial charge < -0.3 is 20.3 Å². The molecule has 5 nitrogen and oxygen atoms in total. The van der Waals surface area contributed by atoms with E-state index in [1.54, 1.807) is 6.07 Å². The zero-order valence-corrected chi connectivity index (χ0v) is 11.1. The number of benzene rings is 1. The van der Waals surface area contributed by atoms with Crippen LogP contribution in [0.4, 0.5) is 0 Å². The normalized spacial score (nSPS) is 18.2. The fraction of sp³-hybridized carbons (Fsp3) is 0.571. The van der Waals surface area contributed by atoms with Gasteiger partial charge in [-0.25, -0.2) is 0 Å². The number of hydrogen-bond acceptors (Lipinski definition) is 5. The van der Waals surface area contributed by atoms with Crippen molar-refractivity contribution >= 4 is 0 Å². The summed E-state index contributed by atoms with van der Waals surface area (Å²) < 4.78 is 5.55. The Morgan fingerprint density at radius 2 is 2.11 bits per heavy atom. The molecular weight excluding hydrogens is 244 g/mol. The first kappa shape index (κ1) is 14.3. The van der Waals surface area contributed by atoms with Gasteiger partial charge in [-0.05, 0) is 17.7 Å². The van der Waals surface area contributed by atoms with Gasteiger partial charge in [-0.3, -0.25) is 4.90 Å². The molecule has 1 aromatic carbocycles. The summed E-state index contributed by atoms with van der Waals surface area (Å²) >= 11 is 0. The van der Waals surface area contributed by atoms with Crippen molar-refractivity contribution in [2.24, 2.45) is 0 Å². The van der Waals surface area contributed by atoms with Gasteiger partial charge in [-0.1, -0.05) is 12.1 Å². The summed E-state index contributed by atoms with van der Waals surface area (Å²) in [5, 5.41) is 22.3. The summed E-state index contributed by atoms with van der Waals surface area (Å²) in [6.07, 6.45) is -0.490. The van der Waals surface area contributed by atoms with Gasteiger partial charge in [0.15, 0.2) is 0 Å². The molecule has 0 aliphatic carbocycles. The van der Waals surface area contributed by atoms with Gasteiger partial charge >= 0.3 is 0 Å². The Morgan fingerprint density at radius 3 is 2.84 bits per heavy atom. The van der Waals surface area contributed by atoms with Crippen LogP contribution in [0.15, 0.2) is 24.3 Å². The number of rotatable bonds is 6. The highest BCUT2D eigenvalue weighted by Gasteiger charge is 2.14. The van der Waals surface area contributed by atoms with Crippen molar-refractivity contribution < 1.29 is 14.9 Å². The summed E-state index contributed by atoms with van der Waals surface area (Å²) in [6.45, 7) is 4.81. The van der Waals surface area contributed by atoms with Gasteiger partial charge in [0, 0.05) is 32.7 Å². The summed E-state index contributed by atoms with van der Waals surface area (Å²) in [4.78, 5) is 2.23. The lowest BCUT2D eigenvalue weighted by atomic mass is 10.2. The van der Waals surface area contributed by atoms with Crippen LogP contribution in [0.25, 0.3) is 0 Å². The van der Waals surface area contributed by atoms with Crippen LogP contribution in [-0.2, 0) is 6.61 Å². The molecule has 106 valence electrons. The first-order valence-electron chi connectivity index (χ1n) is 6.71. The molecule has 1 aliphatic heterocycles. The second kappa shape index (κ2) is 7.45. The quantitative estimate of drug-likeness (QED) is 0.667. The van der Waals surface area contributed by atoms with Crippen LogP contribution in [-0.4, -0.2) is 60.5 Å². The molecule has 1 aromatic rings. The van der Waals surface area contributed by atoms with Gasteiger partial charge in [-0.2, -0.15) is 0 Å². The smallest absolute Gasteiger partial charge is 0.119 e. The lowest BCUT2D eigenvalue weighted by Gasteiger charge is -2.29. The molecule has 0 saturated carbocycles. The SMILES string of the molecule is OCc1cccc(OCC(O)CN2CCNCC2)c1. The minimum atomic E-state index is -0.490. The van der Waals surface area contributed by atoms with Crippen molar-refractivity contribution in [2.45, 2.75) is 12.7 Å². The molecule has 2 rings (SSSR count). The van der Waals surface area contributed by atoms with Crippen LogP contribution < -0.4 is 10.1 Å². The van der Waals surface area contributed by atoms with E-state index < -0.39 is 6.10 Å². The molecule has 0 spiro atoms. The largest absolute Gasteiger partial charge is 0.491 e. The molecule has 1 aliphatic rings. The fourth-order valence-electron chi connectivity index (χ4n) is 2.17. The molecule has 19 heavy (non-hydrogen) atoms. The Kier molecular flexibility index (Phi) is 5.60. The zero-order chi connectivity index (χ0) is 13.5. The number of aliphatic hydroxyl groups excluding tert-OH is 2. The van der Waals surface area contributed by atoms with Crippen molar-refractivity contribution in [3.8, 4) is 5.75 Å². The number of aliphatic hydroxyl groups is 2. The minimum absolute atomic E-state index is 0.000527. The van der Waals surface area contributed by atoms with Crippen LogP contribution >= 0.6 is 0 Å². The van der Waals surface area contributed by atoms with Crippen molar-refractivity contribution in [1.82, 2.24) is 10.2 Å². The van der Waals surface area contributed by atoms with E-state index in [0.29, 0.717) is 12.3 Å². The maximum atomic E-state index is 9.95. The first-order chi connectivity index (χ1) is 9.28. The molecule has 1 heterocycles. The van der Waals surface area contributed by atoms with Crippen LogP contribution in [0.1, 0.15) is 5.56 Å². The molecule has 1 fully saturated rings. The van der Waals surface area contributed by atoms with Crippen LogP contribution in [0, 0.1) is 0 Å². The molecule has 1 unspecified atom stereocenters. The van der Waals surface area contributed by atoms with E-state index in [1.807, 2.05) is 18.2 Å². The van der Waals surface area contributed by atoms with E-state index in [1.165, 1.54) is 0 Å². The van der Waals surface area contributed by atoms with Crippen molar-refractivity contribution in [3.05, 3.63) is 29.8 Å². The summed E-state index contributed by atoms with van der Waals surface area (Å²) in [5.74, 6) is 0.686. The van der Waals surface area contributed by atoms with Crippen LogP contribution in [0.2, 0.25) is 0 Å². The summed E-state index contributed by atoms with van der Waals surface area (Å²) in [7, 11) is 0. The minimum Gasteiger partial charge on any atom is -0.491 e. The second-order valence-electron chi connectivity index (χ2n) is 4.82. The average Bonchev–Trinajstić information content (AvgIpc) is 2.46. The monoisotopic (exact) mass is 266 g/mol. The second-order valence-corrected chi connectivity index (χ2v) is 4.82. The molecular formula is C14H22N2O3. The molecule has 1 saturated heterocycles. The highest BCUT2D eigenvalue weighted by Crippen LogP contribution is 2.13. The molecule has 0 radical (unpaired) electrons. The lowest BCUT2D eigenvalue weighted by Crippen LogP contribution is -2.47. The summed E-state index contributed by atoms with van der Waals surface area (Å²) in [6, 6.07) is 7.29. The molecule has 0 bridgehead atoms. The molecule has 0 amide bonds. The highest BCUT2D eigenvalue weighted by atomic mass is 16.5. The van der Waals surface area contributed by atoms with Gasteiger partial charge in [0.05, 0.1) is 6.61 Å². The standard InChI is InChI=1S/C14H22N2O3/c17-10-12-2-1-3-14(8-12)19-11-13(18)9-16-6-4-15-5-7-16/h1-3,8,13,15,17-18H,4-7,9-11H2. The van der Waals surface area contributed by atoms with Gasteiger partial charge in [0.1, 0.15) is 18.5 Å². The van der Waals surface area contributed by atoms with E-state index in [4.69, 9.17) is 9.84 Å². The summed E-state index contributed by atoms with van der Waals surface area (Å²) in [5.41, 5.74) is 0.814. The maximum absolute atomic E-state index is 9.95. The average molecular weight is 266 g/mol. The molecule has 5 heteroatoms. The van der Waals surface area contributed by atoms with E-state index in [0.717, 1.165) is 31.7 Å². The van der Waals surface area contributed by atoms with Crippen LogP contribution in [0.3, 0.4) is 0 Å². The molecule has 0 aromatic heterocycles. The van der Waals surface area contributed by atoms with Gasteiger partial charge in [0.25, 0.3) is 0 Å². The fourth-order valence-corrected chi connectivity index (χ4v) is 2.17. The Hall–Kier alpha value is -1.14. The van der Waals surface area contributed by atoms with E-state index in [2.05, 4.69) is 10.2 Å².